The van der Waals surface area contributed by atoms with Gasteiger partial charge >= 0.3 is 5.97 Å². The van der Waals surface area contributed by atoms with Crippen LogP contribution in [0.5, 0.6) is 5.75 Å². The van der Waals surface area contributed by atoms with Crippen LogP contribution in [0.2, 0.25) is 0 Å². The highest BCUT2D eigenvalue weighted by molar-refractivity contribution is 6.00. The first-order valence-corrected chi connectivity index (χ1v) is 8.96. The SMILES string of the molecule is COc1ccc(N2CC(C(=O)N(CCNC(C)=O)C(C)C(=O)O)CC2=O)cc1. The maximum absolute atomic E-state index is 12.9. The molecule has 9 heteroatoms. The Morgan fingerprint density at radius 1 is 1.32 bits per heavy atom. The van der Waals surface area contributed by atoms with Gasteiger partial charge in [0.2, 0.25) is 17.7 Å². The number of nitrogens with one attached hydrogen (secondary N) is 1. The fraction of sp³-hybridized carbons (Fsp3) is 0.474. The second-order valence-corrected chi connectivity index (χ2v) is 6.63. The molecule has 2 rings (SSSR count). The highest BCUT2D eigenvalue weighted by Crippen LogP contribution is 2.28. The molecule has 1 heterocycles. The minimum absolute atomic E-state index is 0.00778. The number of anilines is 1. The van der Waals surface area contributed by atoms with E-state index >= 15 is 0 Å². The zero-order chi connectivity index (χ0) is 20.8. The van der Waals surface area contributed by atoms with Gasteiger partial charge in [0.25, 0.3) is 0 Å². The molecule has 0 spiro atoms. The standard InChI is InChI=1S/C19H25N3O6/c1-12(19(26)27)21(9-8-20-13(2)23)18(25)14-10-17(24)22(11-14)15-4-6-16(28-3)7-5-15/h4-7,12,14H,8-11H2,1-3H3,(H,20,23)(H,26,27). The van der Waals surface area contributed by atoms with Gasteiger partial charge in [-0.3, -0.25) is 14.4 Å². The van der Waals surface area contributed by atoms with Crippen molar-refractivity contribution < 1.29 is 29.0 Å². The molecule has 2 atom stereocenters. The van der Waals surface area contributed by atoms with Crippen molar-refractivity contribution in [3.63, 3.8) is 0 Å². The predicted molar refractivity (Wildman–Crippen MR) is 101 cm³/mol. The monoisotopic (exact) mass is 391 g/mol. The summed E-state index contributed by atoms with van der Waals surface area (Å²) in [4.78, 5) is 50.5. The molecule has 0 radical (unpaired) electrons. The van der Waals surface area contributed by atoms with E-state index in [1.54, 1.807) is 31.4 Å². The molecule has 3 amide bonds. The summed E-state index contributed by atoms with van der Waals surface area (Å²) < 4.78 is 5.10. The summed E-state index contributed by atoms with van der Waals surface area (Å²) in [5.41, 5.74) is 0.650. The van der Waals surface area contributed by atoms with E-state index in [1.807, 2.05) is 0 Å². The Hall–Kier alpha value is -3.10. The third kappa shape index (κ3) is 4.99. The van der Waals surface area contributed by atoms with Crippen LogP contribution in [0.25, 0.3) is 0 Å². The number of rotatable bonds is 8. The van der Waals surface area contributed by atoms with Crippen molar-refractivity contribution in [2.45, 2.75) is 26.3 Å². The molecule has 1 aliphatic heterocycles. The second-order valence-electron chi connectivity index (χ2n) is 6.63. The van der Waals surface area contributed by atoms with Gasteiger partial charge in [0.15, 0.2) is 0 Å². The highest BCUT2D eigenvalue weighted by Gasteiger charge is 2.39. The largest absolute Gasteiger partial charge is 0.497 e. The van der Waals surface area contributed by atoms with E-state index in [1.165, 1.54) is 23.6 Å². The van der Waals surface area contributed by atoms with Gasteiger partial charge in [-0.2, -0.15) is 0 Å². The van der Waals surface area contributed by atoms with Crippen molar-refractivity contribution in [2.75, 3.05) is 31.6 Å². The molecular formula is C19H25N3O6. The molecule has 152 valence electrons. The molecule has 0 bridgehead atoms. The lowest BCUT2D eigenvalue weighted by Crippen LogP contribution is -2.49. The summed E-state index contributed by atoms with van der Waals surface area (Å²) in [5.74, 6) is -2.02. The van der Waals surface area contributed by atoms with E-state index in [4.69, 9.17) is 4.74 Å². The molecule has 1 aliphatic rings. The number of carbonyl (C=O) groups is 4. The lowest BCUT2D eigenvalue weighted by atomic mass is 10.1. The first-order chi connectivity index (χ1) is 13.2. The van der Waals surface area contributed by atoms with Crippen molar-refractivity contribution in [2.24, 2.45) is 5.92 Å². The molecule has 28 heavy (non-hydrogen) atoms. The summed E-state index contributed by atoms with van der Waals surface area (Å²) in [7, 11) is 1.55. The van der Waals surface area contributed by atoms with Gasteiger partial charge in [0.1, 0.15) is 11.8 Å². The number of aliphatic carboxylic acids is 1. The van der Waals surface area contributed by atoms with Crippen LogP contribution in [0.3, 0.4) is 0 Å². The number of carboxylic acid groups (broad SMARTS) is 1. The Kier molecular flexibility index (Phi) is 6.97. The van der Waals surface area contributed by atoms with Gasteiger partial charge in [0.05, 0.1) is 13.0 Å². The topological polar surface area (TPSA) is 116 Å². The smallest absolute Gasteiger partial charge is 0.326 e. The van der Waals surface area contributed by atoms with Crippen molar-refractivity contribution in [1.29, 1.82) is 0 Å². The number of hydrogen-bond acceptors (Lipinski definition) is 5. The minimum atomic E-state index is -1.15. The third-order valence-corrected chi connectivity index (χ3v) is 4.69. The normalized spacial score (nSPS) is 17.2. The van der Waals surface area contributed by atoms with Gasteiger partial charge in [0, 0.05) is 38.7 Å². The average Bonchev–Trinajstić information content (AvgIpc) is 3.05. The number of amides is 3. The van der Waals surface area contributed by atoms with Gasteiger partial charge < -0.3 is 25.0 Å². The zero-order valence-electron chi connectivity index (χ0n) is 16.2. The zero-order valence-corrected chi connectivity index (χ0v) is 16.2. The van der Waals surface area contributed by atoms with Gasteiger partial charge in [-0.25, -0.2) is 4.79 Å². The average molecular weight is 391 g/mol. The van der Waals surface area contributed by atoms with Crippen LogP contribution in [0.4, 0.5) is 5.69 Å². The Bertz CT molecular complexity index is 749. The Balaban J connectivity index is 2.11. The molecular weight excluding hydrogens is 366 g/mol. The van der Waals surface area contributed by atoms with Crippen LogP contribution >= 0.6 is 0 Å². The molecule has 0 aromatic heterocycles. The van der Waals surface area contributed by atoms with E-state index < -0.39 is 23.8 Å². The Labute approximate surface area is 163 Å². The Morgan fingerprint density at radius 3 is 2.50 bits per heavy atom. The fourth-order valence-corrected chi connectivity index (χ4v) is 3.10. The number of methoxy groups -OCH3 is 1. The van der Waals surface area contributed by atoms with Crippen molar-refractivity contribution in [3.8, 4) is 5.75 Å². The lowest BCUT2D eigenvalue weighted by molar-refractivity contribution is -0.151. The molecule has 1 fully saturated rings. The van der Waals surface area contributed by atoms with Crippen LogP contribution in [0.1, 0.15) is 20.3 Å². The molecule has 0 aliphatic carbocycles. The molecule has 0 saturated carbocycles. The number of carboxylic acids is 1. The summed E-state index contributed by atoms with van der Waals surface area (Å²) >= 11 is 0. The van der Waals surface area contributed by atoms with Crippen molar-refractivity contribution in [1.82, 2.24) is 10.2 Å². The quantitative estimate of drug-likeness (QED) is 0.666. The molecule has 9 nitrogen and oxygen atoms in total. The minimum Gasteiger partial charge on any atom is -0.497 e. The maximum atomic E-state index is 12.9. The van der Waals surface area contributed by atoms with Crippen LogP contribution in [0, 0.1) is 5.92 Å². The second kappa shape index (κ2) is 9.20. The van der Waals surface area contributed by atoms with Crippen LogP contribution in [-0.2, 0) is 19.2 Å². The lowest BCUT2D eigenvalue weighted by Gasteiger charge is -2.29. The number of carbonyl (C=O) groups excluding carboxylic acids is 3. The van der Waals surface area contributed by atoms with Crippen LogP contribution < -0.4 is 15.0 Å². The summed E-state index contributed by atoms with van der Waals surface area (Å²) in [6.45, 7) is 3.12. The molecule has 2 unspecified atom stereocenters. The summed E-state index contributed by atoms with van der Waals surface area (Å²) in [5, 5.41) is 11.9. The van der Waals surface area contributed by atoms with Gasteiger partial charge in [-0.05, 0) is 31.2 Å². The maximum Gasteiger partial charge on any atom is 0.326 e. The van der Waals surface area contributed by atoms with Crippen LogP contribution in [0.15, 0.2) is 24.3 Å². The Morgan fingerprint density at radius 2 is 1.96 bits per heavy atom. The molecule has 1 aromatic rings. The third-order valence-electron chi connectivity index (χ3n) is 4.69. The highest BCUT2D eigenvalue weighted by atomic mass is 16.5. The van der Waals surface area contributed by atoms with E-state index in [2.05, 4.69) is 5.32 Å². The summed E-state index contributed by atoms with van der Waals surface area (Å²) in [6, 6.07) is 5.86. The fourth-order valence-electron chi connectivity index (χ4n) is 3.10. The van der Waals surface area contributed by atoms with Gasteiger partial charge in [-0.15, -0.1) is 0 Å². The molecule has 1 aromatic carbocycles. The number of nitrogens with zero attached hydrogens (tertiary/aromatic N) is 2. The van der Waals surface area contributed by atoms with Gasteiger partial charge in [-0.1, -0.05) is 0 Å². The van der Waals surface area contributed by atoms with Crippen molar-refractivity contribution in [3.05, 3.63) is 24.3 Å². The van der Waals surface area contributed by atoms with E-state index in [0.29, 0.717) is 11.4 Å². The predicted octanol–water partition coefficient (Wildman–Crippen LogP) is 0.486. The van der Waals surface area contributed by atoms with E-state index in [9.17, 15) is 24.3 Å². The molecule has 1 saturated heterocycles. The summed E-state index contributed by atoms with van der Waals surface area (Å²) in [6.07, 6.45) is 0.00778. The van der Waals surface area contributed by atoms with E-state index in [0.717, 1.165) is 0 Å². The first kappa shape index (κ1) is 21.2. The molecule has 2 N–H and O–H groups in total. The number of ether oxygens (including phenoxy) is 1. The van der Waals surface area contributed by atoms with E-state index in [-0.39, 0.29) is 37.9 Å². The van der Waals surface area contributed by atoms with Crippen LogP contribution in [-0.4, -0.2) is 66.5 Å². The number of benzene rings is 1. The van der Waals surface area contributed by atoms with Crippen molar-refractivity contribution >= 4 is 29.4 Å². The number of hydrogen-bond donors (Lipinski definition) is 2. The first-order valence-electron chi connectivity index (χ1n) is 8.96.